The molecule has 0 spiro atoms. The van der Waals surface area contributed by atoms with E-state index >= 15 is 0 Å². The molecule has 2 aromatic carbocycles. The Morgan fingerprint density at radius 3 is 1.70 bits per heavy atom. The summed E-state index contributed by atoms with van der Waals surface area (Å²) in [6.45, 7) is 4.31. The third kappa shape index (κ3) is 15.4. The fourth-order valence-corrected chi connectivity index (χ4v) is 9.42. The molecule has 0 radical (unpaired) electrons. The summed E-state index contributed by atoms with van der Waals surface area (Å²) in [5.74, 6) is -1.06. The number of carbonyl (C=O) groups excluding carboxylic acids is 6. The number of allylic oxidation sites excluding steroid dienone is 4. The number of ether oxygens (including phenoxy) is 2. The number of aromatic nitrogens is 1. The van der Waals surface area contributed by atoms with Gasteiger partial charge in [0, 0.05) is 67.2 Å². The first-order valence-electron chi connectivity index (χ1n) is 21.1. The van der Waals surface area contributed by atoms with Crippen molar-refractivity contribution in [2.75, 3.05) is 55.2 Å². The van der Waals surface area contributed by atoms with Gasteiger partial charge in [0.1, 0.15) is 31.2 Å². The van der Waals surface area contributed by atoms with Crippen LogP contribution < -0.4 is 25.0 Å². The number of esters is 2. The van der Waals surface area contributed by atoms with Gasteiger partial charge in [0.05, 0.1) is 38.5 Å². The van der Waals surface area contributed by atoms with Crippen LogP contribution in [0.4, 0.5) is 11.4 Å². The summed E-state index contributed by atoms with van der Waals surface area (Å²) in [4.78, 5) is 80.8. The minimum atomic E-state index is -0.780. The van der Waals surface area contributed by atoms with E-state index in [1.165, 1.54) is 42.0 Å². The molecule has 0 aliphatic carbocycles. The molecular formula is C48H55N6O10S2+. The quantitative estimate of drug-likeness (QED) is 0.0205. The van der Waals surface area contributed by atoms with Crippen LogP contribution in [-0.4, -0.2) is 134 Å². The van der Waals surface area contributed by atoms with E-state index in [9.17, 15) is 39.0 Å². The van der Waals surface area contributed by atoms with Crippen LogP contribution in [0.5, 0.6) is 0 Å². The molecule has 2 amide bonds. The maximum absolute atomic E-state index is 12.7. The smallest absolute Gasteiger partial charge is 0.328 e. The molecule has 3 heterocycles. The average molecular weight is 940 g/mol. The number of hydrogen-bond donors (Lipinski definition) is 4. The van der Waals surface area contributed by atoms with Crippen molar-refractivity contribution in [2.45, 2.75) is 55.8 Å². The van der Waals surface area contributed by atoms with E-state index in [-0.39, 0.29) is 42.4 Å². The lowest BCUT2D eigenvalue weighted by molar-refractivity contribution is -0.684. The molecule has 5 rings (SSSR count). The summed E-state index contributed by atoms with van der Waals surface area (Å²) < 4.78 is 11.5. The maximum atomic E-state index is 12.7. The number of aliphatic imine (C=N–C) groups is 1. The van der Waals surface area contributed by atoms with Gasteiger partial charge < -0.3 is 49.7 Å². The van der Waals surface area contributed by atoms with Gasteiger partial charge in [-0.2, -0.15) is 4.57 Å². The van der Waals surface area contributed by atoms with Gasteiger partial charge in [-0.25, -0.2) is 9.59 Å². The molecule has 3 aromatic rings. The number of amides is 2. The van der Waals surface area contributed by atoms with Crippen molar-refractivity contribution in [1.29, 1.82) is 0 Å². The van der Waals surface area contributed by atoms with Crippen LogP contribution in [0.2, 0.25) is 0 Å². The summed E-state index contributed by atoms with van der Waals surface area (Å²) in [6.07, 6.45) is 16.6. The predicted octanol–water partition coefficient (Wildman–Crippen LogP) is 3.02. The second-order valence-electron chi connectivity index (χ2n) is 15.4. The van der Waals surface area contributed by atoms with E-state index in [2.05, 4.69) is 22.2 Å². The zero-order valence-corrected chi connectivity index (χ0v) is 38.4. The van der Waals surface area contributed by atoms with Crippen molar-refractivity contribution >= 4 is 93.7 Å². The highest BCUT2D eigenvalue weighted by molar-refractivity contribution is 8.76. The Kier molecular flexibility index (Phi) is 19.9. The summed E-state index contributed by atoms with van der Waals surface area (Å²) in [5, 5.41) is 25.5. The van der Waals surface area contributed by atoms with Gasteiger partial charge in [-0.15, -0.1) is 0 Å². The lowest BCUT2D eigenvalue weighted by Gasteiger charge is -2.24. The molecule has 0 bridgehead atoms. The highest BCUT2D eigenvalue weighted by atomic mass is 33.1. The fraction of sp³-hybridized carbons (Fsp3) is 0.333. The number of methoxy groups -OCH3 is 2. The summed E-state index contributed by atoms with van der Waals surface area (Å²) in [5.41, 5.74) is 5.08. The second kappa shape index (κ2) is 26.0. The largest absolute Gasteiger partial charge is 0.467 e. The lowest BCUT2D eigenvalue weighted by atomic mass is 10.1. The minimum Gasteiger partial charge on any atom is -0.467 e. The summed E-state index contributed by atoms with van der Waals surface area (Å²) >= 11 is 0. The molecule has 2 aliphatic rings. The molecular weight excluding hydrogens is 885 g/mol. The van der Waals surface area contributed by atoms with Gasteiger partial charge in [0.25, 0.3) is 5.91 Å². The number of aldehydes is 2. The molecule has 1 aromatic heterocycles. The molecule has 0 saturated carbocycles. The van der Waals surface area contributed by atoms with Crippen LogP contribution in [0.15, 0.2) is 108 Å². The van der Waals surface area contributed by atoms with Gasteiger partial charge in [0.2, 0.25) is 12.5 Å². The first-order valence-corrected chi connectivity index (χ1v) is 23.6. The Hall–Kier alpha value is -6.34. The number of aliphatic hydroxyl groups is 2. The monoisotopic (exact) mass is 939 g/mol. The Morgan fingerprint density at radius 1 is 0.758 bits per heavy atom. The van der Waals surface area contributed by atoms with Crippen LogP contribution in [-0.2, 0) is 44.8 Å². The number of pyridine rings is 1. The van der Waals surface area contributed by atoms with Crippen molar-refractivity contribution < 1.29 is 53.0 Å². The fourth-order valence-electron chi connectivity index (χ4n) is 7.15. The van der Waals surface area contributed by atoms with Crippen molar-refractivity contribution in [3.63, 3.8) is 0 Å². The van der Waals surface area contributed by atoms with Gasteiger partial charge in [-0.3, -0.25) is 14.6 Å². The number of rotatable bonds is 23. The van der Waals surface area contributed by atoms with Crippen molar-refractivity contribution in [3.05, 3.63) is 120 Å². The molecule has 66 heavy (non-hydrogen) atoms. The molecule has 6 unspecified atom stereocenters. The standard InChI is InChI=1S/C48H54N6O10S2/c1-4-33(5-6-34-9-13-39(14-10-34)53-26-41(57)23-43(53)47(61)63-2)17-20-49-25-45(59)50-37(29-55)31-65-66-32-38(30-56)51-46(60)28-52-21-18-36(19-22-52)8-7-35-11-15-40(16-12-35)54-27-42(58)24-44(54)48(62)64-3/h4-22,29-30,37-38,41-44,57-58H,1,23-28,31-32H2,2-3H3,(H-,50,51,59,60)/p+1/b6-5+,33-17+,49-20+. The molecule has 2 aliphatic heterocycles. The summed E-state index contributed by atoms with van der Waals surface area (Å²) in [6, 6.07) is 16.3. The zero-order chi connectivity index (χ0) is 47.4. The van der Waals surface area contributed by atoms with E-state index in [0.29, 0.717) is 38.5 Å². The second-order valence-corrected chi connectivity index (χ2v) is 17.9. The van der Waals surface area contributed by atoms with Crippen molar-refractivity contribution in [3.8, 4) is 0 Å². The molecule has 16 nitrogen and oxygen atoms in total. The maximum Gasteiger partial charge on any atom is 0.328 e. The van der Waals surface area contributed by atoms with E-state index in [0.717, 1.165) is 33.6 Å². The average Bonchev–Trinajstić information content (AvgIpc) is 3.93. The zero-order valence-electron chi connectivity index (χ0n) is 36.7. The number of benzene rings is 2. The Balaban J connectivity index is 0.978. The van der Waals surface area contributed by atoms with E-state index in [1.54, 1.807) is 29.1 Å². The third-order valence-corrected chi connectivity index (χ3v) is 13.0. The SMILES string of the molecule is C=CC(/C=C/c1ccc(N2CC(O)CC2C(=O)OC)cc1)=C\C=N\CC(=O)NC(C=O)CSSCC(C=O)NC(=O)C[n+]1ccc(/C=C/c2ccc(N3CC(O)CC3C(=O)OC)cc2)cc1. The lowest BCUT2D eigenvalue weighted by Crippen LogP contribution is -2.46. The van der Waals surface area contributed by atoms with Crippen LogP contribution in [0, 0.1) is 0 Å². The molecule has 4 N–H and O–H groups in total. The van der Waals surface area contributed by atoms with E-state index < -0.39 is 42.3 Å². The van der Waals surface area contributed by atoms with Gasteiger partial charge in [-0.05, 0) is 52.6 Å². The van der Waals surface area contributed by atoms with Crippen molar-refractivity contribution in [1.82, 2.24) is 10.6 Å². The number of nitrogens with zero attached hydrogens (tertiary/aromatic N) is 4. The topological polar surface area (TPSA) is 208 Å². The van der Waals surface area contributed by atoms with Crippen LogP contribution in [0.3, 0.4) is 0 Å². The number of nitrogens with one attached hydrogen (secondary N) is 2. The highest BCUT2D eigenvalue weighted by Gasteiger charge is 2.38. The number of carbonyl (C=O) groups is 6. The Labute approximate surface area is 391 Å². The van der Waals surface area contributed by atoms with Crippen LogP contribution >= 0.6 is 21.6 Å². The van der Waals surface area contributed by atoms with Crippen LogP contribution in [0.25, 0.3) is 18.2 Å². The predicted molar refractivity (Wildman–Crippen MR) is 258 cm³/mol. The van der Waals surface area contributed by atoms with E-state index in [4.69, 9.17) is 9.47 Å². The first-order chi connectivity index (χ1) is 31.9. The molecule has 2 saturated heterocycles. The highest BCUT2D eigenvalue weighted by Crippen LogP contribution is 2.29. The Bertz CT molecular complexity index is 2270. The Morgan fingerprint density at radius 2 is 1.23 bits per heavy atom. The van der Waals surface area contributed by atoms with Gasteiger partial charge in [-0.1, -0.05) is 82.8 Å². The molecule has 18 heteroatoms. The van der Waals surface area contributed by atoms with Gasteiger partial charge in [0.15, 0.2) is 12.4 Å². The number of anilines is 2. The number of hydrogen-bond acceptors (Lipinski definition) is 15. The molecule has 348 valence electrons. The number of β-amino-alcohol motifs (C(OH)–C–C–N with tert-alkyl or cyclic N) is 2. The van der Waals surface area contributed by atoms with E-state index in [1.807, 2.05) is 94.8 Å². The molecule has 2 fully saturated rings. The number of aliphatic hydroxyl groups excluding tert-OH is 2. The molecule has 6 atom stereocenters. The van der Waals surface area contributed by atoms with Gasteiger partial charge >= 0.3 is 11.9 Å². The van der Waals surface area contributed by atoms with Crippen molar-refractivity contribution in [2.24, 2.45) is 4.99 Å². The minimum absolute atomic E-state index is 0.00235. The summed E-state index contributed by atoms with van der Waals surface area (Å²) in [7, 11) is 5.25. The third-order valence-electron chi connectivity index (χ3n) is 10.6. The first kappa shape index (κ1) is 50.7. The normalized spacial score (nSPS) is 19.5. The van der Waals surface area contributed by atoms with Crippen LogP contribution in [0.1, 0.15) is 29.5 Å².